The third-order valence-corrected chi connectivity index (χ3v) is 7.56. The Morgan fingerprint density at radius 3 is 2.68 bits per heavy atom. The van der Waals surface area contributed by atoms with Gasteiger partial charge in [0.05, 0.1) is 25.8 Å². The van der Waals surface area contributed by atoms with E-state index in [1.807, 2.05) is 36.4 Å². The molecule has 31 heavy (non-hydrogen) atoms. The third-order valence-electron chi connectivity index (χ3n) is 7.56. The van der Waals surface area contributed by atoms with Crippen LogP contribution in [0.25, 0.3) is 0 Å². The van der Waals surface area contributed by atoms with E-state index in [4.69, 9.17) is 9.26 Å². The van der Waals surface area contributed by atoms with E-state index in [2.05, 4.69) is 12.2 Å². The molecule has 2 fully saturated rings. The Morgan fingerprint density at radius 1 is 1.19 bits per heavy atom. The number of quaternary nitrogens is 1. The van der Waals surface area contributed by atoms with Crippen LogP contribution in [0.15, 0.2) is 47.2 Å². The minimum atomic E-state index is -1.55. The van der Waals surface area contributed by atoms with E-state index in [1.54, 1.807) is 6.26 Å². The maximum absolute atomic E-state index is 13.3. The highest BCUT2D eigenvalue weighted by Gasteiger charge is 2.48. The average molecular weight is 428 g/mol. The molecule has 6 heteroatoms. The first-order chi connectivity index (χ1) is 15.0. The van der Waals surface area contributed by atoms with Crippen LogP contribution < -0.4 is 0 Å². The number of aryl methyl sites for hydroxylation is 1. The van der Waals surface area contributed by atoms with Crippen molar-refractivity contribution in [2.45, 2.75) is 63.0 Å². The highest BCUT2D eigenvalue weighted by atomic mass is 16.6. The summed E-state index contributed by atoms with van der Waals surface area (Å²) in [5.74, 6) is -0.555. The van der Waals surface area contributed by atoms with Crippen molar-refractivity contribution in [1.29, 1.82) is 0 Å². The molecule has 1 saturated carbocycles. The first kappa shape index (κ1) is 22.0. The number of aromatic nitrogens is 1. The molecule has 1 aliphatic carbocycles. The van der Waals surface area contributed by atoms with Gasteiger partial charge >= 0.3 is 5.97 Å². The zero-order valence-electron chi connectivity index (χ0n) is 18.5. The number of hydrogen-bond acceptors (Lipinski definition) is 5. The Morgan fingerprint density at radius 2 is 1.97 bits per heavy atom. The summed E-state index contributed by atoms with van der Waals surface area (Å²) in [7, 11) is 2.26. The van der Waals surface area contributed by atoms with Gasteiger partial charge in [-0.25, -0.2) is 4.79 Å². The largest absolute Gasteiger partial charge is 0.457 e. The number of esters is 1. The zero-order valence-corrected chi connectivity index (χ0v) is 18.5. The van der Waals surface area contributed by atoms with Crippen LogP contribution in [0.4, 0.5) is 0 Å². The van der Waals surface area contributed by atoms with Crippen molar-refractivity contribution in [3.05, 3.63) is 53.9 Å². The molecule has 0 radical (unpaired) electrons. The zero-order chi connectivity index (χ0) is 21.7. The fourth-order valence-corrected chi connectivity index (χ4v) is 5.57. The highest BCUT2D eigenvalue weighted by molar-refractivity contribution is 5.81. The van der Waals surface area contributed by atoms with Gasteiger partial charge in [0, 0.05) is 31.2 Å². The number of rotatable bonds is 9. The van der Waals surface area contributed by atoms with Gasteiger partial charge in [-0.3, -0.25) is 0 Å². The fraction of sp³-hybridized carbons (Fsp3) is 0.600. The number of likely N-dealkylation sites (tertiary alicyclic amines) is 1. The van der Waals surface area contributed by atoms with Crippen LogP contribution >= 0.6 is 0 Å². The van der Waals surface area contributed by atoms with Crippen molar-refractivity contribution in [2.75, 3.05) is 26.7 Å². The van der Waals surface area contributed by atoms with E-state index in [0.717, 1.165) is 74.6 Å². The van der Waals surface area contributed by atoms with Gasteiger partial charge in [0.1, 0.15) is 18.9 Å². The summed E-state index contributed by atoms with van der Waals surface area (Å²) in [4.78, 5) is 13.3. The first-order valence-corrected chi connectivity index (χ1v) is 11.7. The number of nitrogens with zero attached hydrogens (tertiary/aromatic N) is 2. The van der Waals surface area contributed by atoms with Gasteiger partial charge < -0.3 is 18.8 Å². The Labute approximate surface area is 184 Å². The summed E-state index contributed by atoms with van der Waals surface area (Å²) in [5, 5.41) is 15.6. The lowest BCUT2D eigenvalue weighted by Gasteiger charge is -2.37. The van der Waals surface area contributed by atoms with Gasteiger partial charge in [-0.05, 0) is 24.8 Å². The van der Waals surface area contributed by atoms with Crippen molar-refractivity contribution in [3.8, 4) is 0 Å². The van der Waals surface area contributed by atoms with Crippen molar-refractivity contribution < 1.29 is 23.6 Å². The summed E-state index contributed by atoms with van der Waals surface area (Å²) >= 11 is 0. The van der Waals surface area contributed by atoms with Gasteiger partial charge in [-0.2, -0.15) is 0 Å². The fourth-order valence-electron chi connectivity index (χ4n) is 5.57. The molecule has 1 N–H and O–H groups in total. The number of carbonyl (C=O) groups excluding carboxylic acids is 1. The number of aliphatic hydroxyl groups is 1. The molecule has 1 saturated heterocycles. The molecule has 2 aliphatic rings. The minimum absolute atomic E-state index is 0.0747. The van der Waals surface area contributed by atoms with E-state index in [-0.39, 0.29) is 12.0 Å². The summed E-state index contributed by atoms with van der Waals surface area (Å²) in [6.07, 6.45) is 9.53. The van der Waals surface area contributed by atoms with E-state index < -0.39 is 11.6 Å². The topological polar surface area (TPSA) is 72.6 Å². The first-order valence-electron chi connectivity index (χ1n) is 11.7. The molecule has 0 amide bonds. The molecule has 6 nitrogen and oxygen atoms in total. The molecule has 3 unspecified atom stereocenters. The Kier molecular flexibility index (Phi) is 6.77. The van der Waals surface area contributed by atoms with E-state index >= 15 is 0 Å². The molecule has 4 rings (SSSR count). The normalized spacial score (nSPS) is 26.1. The quantitative estimate of drug-likeness (QED) is 0.486. The Bertz CT molecular complexity index is 834. The van der Waals surface area contributed by atoms with Gasteiger partial charge in [0.2, 0.25) is 0 Å². The number of carbonyl (C=O) groups is 1. The van der Waals surface area contributed by atoms with Gasteiger partial charge in [0.15, 0.2) is 5.60 Å². The number of benzene rings is 1. The van der Waals surface area contributed by atoms with E-state index in [9.17, 15) is 9.90 Å². The van der Waals surface area contributed by atoms with Crippen molar-refractivity contribution >= 4 is 5.97 Å². The summed E-state index contributed by atoms with van der Waals surface area (Å²) < 4.78 is 11.7. The van der Waals surface area contributed by atoms with Crippen molar-refractivity contribution in [1.82, 2.24) is 5.16 Å². The number of likely N-dealkylation sites (N-methyl/N-ethyl adjacent to an activating group) is 1. The molecular formula is C25H35N2O4+. The number of ether oxygens (including phenoxy) is 1. The Hall–Kier alpha value is -2.18. The van der Waals surface area contributed by atoms with Gasteiger partial charge in [0.25, 0.3) is 0 Å². The second-order valence-electron chi connectivity index (χ2n) is 9.53. The molecule has 1 aromatic heterocycles. The molecule has 0 bridgehead atoms. The van der Waals surface area contributed by atoms with E-state index in [1.165, 1.54) is 0 Å². The lowest BCUT2D eigenvalue weighted by molar-refractivity contribution is -0.921. The van der Waals surface area contributed by atoms with Crippen LogP contribution in [0.2, 0.25) is 0 Å². The van der Waals surface area contributed by atoms with Crippen LogP contribution in [0.1, 0.15) is 56.2 Å². The van der Waals surface area contributed by atoms with Crippen LogP contribution in [0.5, 0.6) is 0 Å². The second-order valence-corrected chi connectivity index (χ2v) is 9.53. The van der Waals surface area contributed by atoms with Gasteiger partial charge in [-0.1, -0.05) is 48.3 Å². The van der Waals surface area contributed by atoms with Crippen LogP contribution in [-0.4, -0.2) is 53.5 Å². The maximum Gasteiger partial charge on any atom is 0.343 e. The summed E-state index contributed by atoms with van der Waals surface area (Å²) in [6.45, 7) is 2.47. The van der Waals surface area contributed by atoms with Crippen LogP contribution in [0.3, 0.4) is 0 Å². The monoisotopic (exact) mass is 427 g/mol. The molecule has 168 valence electrons. The van der Waals surface area contributed by atoms with Crippen molar-refractivity contribution in [3.63, 3.8) is 0 Å². The highest BCUT2D eigenvalue weighted by Crippen LogP contribution is 2.41. The molecule has 1 aliphatic heterocycles. The SMILES string of the molecule is C[N+]1(CCCc2ccon2)CCCC1COC(=O)C(O)(c1ccccc1)C1CCCC1. The maximum atomic E-state index is 13.3. The minimum Gasteiger partial charge on any atom is -0.457 e. The molecule has 3 atom stereocenters. The molecular weight excluding hydrogens is 392 g/mol. The summed E-state index contributed by atoms with van der Waals surface area (Å²) in [6, 6.07) is 11.5. The van der Waals surface area contributed by atoms with E-state index in [0.29, 0.717) is 12.2 Å². The lowest BCUT2D eigenvalue weighted by Crippen LogP contribution is -2.52. The van der Waals surface area contributed by atoms with Gasteiger partial charge in [-0.15, -0.1) is 0 Å². The third kappa shape index (κ3) is 4.70. The lowest BCUT2D eigenvalue weighted by atomic mass is 9.80. The van der Waals surface area contributed by atoms with Crippen LogP contribution in [-0.2, 0) is 21.6 Å². The molecule has 2 aromatic rings. The molecule has 0 spiro atoms. The standard InChI is InChI=1S/C25H35N2O4/c1-27(16-7-13-22-15-18-31-26-22)17-8-14-23(27)19-30-24(28)25(29,21-11-5-6-12-21)20-9-3-2-4-10-20/h2-4,9-10,15,18,21,23,29H,5-8,11-14,16-17,19H2,1H3/q+1. The molecule has 2 heterocycles. The van der Waals surface area contributed by atoms with Crippen LogP contribution in [0, 0.1) is 5.92 Å². The predicted molar refractivity (Wildman–Crippen MR) is 117 cm³/mol. The van der Waals surface area contributed by atoms with Crippen molar-refractivity contribution in [2.24, 2.45) is 5.92 Å². The predicted octanol–water partition coefficient (Wildman–Crippen LogP) is 3.84. The molecule has 1 aromatic carbocycles. The Balaban J connectivity index is 1.39. The number of hydrogen-bond donors (Lipinski definition) is 1. The average Bonchev–Trinajstić information content (AvgIpc) is 3.55. The smallest absolute Gasteiger partial charge is 0.343 e. The second kappa shape index (κ2) is 9.53. The summed E-state index contributed by atoms with van der Waals surface area (Å²) in [5.41, 5.74) is 0.0913.